The smallest absolute Gasteiger partial charge is 0.253 e. The minimum atomic E-state index is -0.0730. The van der Waals surface area contributed by atoms with Crippen LogP contribution in [0, 0.1) is 13.8 Å². The molecule has 112 valence electrons. The molecule has 1 amide bonds. The highest BCUT2D eigenvalue weighted by Gasteiger charge is 2.16. The molecule has 0 aliphatic heterocycles. The van der Waals surface area contributed by atoms with Gasteiger partial charge in [-0.3, -0.25) is 9.78 Å². The normalized spacial score (nSPS) is 12.3. The molecular formula is C18H19N3O. The zero-order chi connectivity index (χ0) is 15.7. The Kier molecular flexibility index (Phi) is 3.67. The fourth-order valence-corrected chi connectivity index (χ4v) is 2.68. The lowest BCUT2D eigenvalue weighted by atomic mass is 10.1. The highest BCUT2D eigenvalue weighted by atomic mass is 16.1. The average Bonchev–Trinajstić information content (AvgIpc) is 2.83. The van der Waals surface area contributed by atoms with E-state index < -0.39 is 0 Å². The summed E-state index contributed by atoms with van der Waals surface area (Å²) in [4.78, 5) is 19.9. The van der Waals surface area contributed by atoms with Gasteiger partial charge in [-0.25, -0.2) is 0 Å². The first-order valence-electron chi connectivity index (χ1n) is 7.36. The molecular weight excluding hydrogens is 274 g/mol. The second-order valence-electron chi connectivity index (χ2n) is 5.58. The molecule has 3 rings (SSSR count). The van der Waals surface area contributed by atoms with Crippen LogP contribution in [-0.4, -0.2) is 15.9 Å². The Bertz CT molecular complexity index is 821. The zero-order valence-corrected chi connectivity index (χ0v) is 13.0. The molecule has 0 saturated carbocycles. The molecule has 2 heterocycles. The van der Waals surface area contributed by atoms with Gasteiger partial charge in [-0.1, -0.05) is 12.1 Å². The topological polar surface area (TPSA) is 57.8 Å². The predicted octanol–water partition coefficient (Wildman–Crippen LogP) is 3.67. The third kappa shape index (κ3) is 2.48. The Morgan fingerprint density at radius 1 is 1.18 bits per heavy atom. The van der Waals surface area contributed by atoms with E-state index in [1.165, 1.54) is 5.56 Å². The van der Waals surface area contributed by atoms with Crippen LogP contribution in [0.15, 0.2) is 42.7 Å². The van der Waals surface area contributed by atoms with Crippen molar-refractivity contribution >= 4 is 16.8 Å². The number of amides is 1. The van der Waals surface area contributed by atoms with Crippen molar-refractivity contribution in [1.29, 1.82) is 0 Å². The summed E-state index contributed by atoms with van der Waals surface area (Å²) in [6, 6.07) is 9.57. The van der Waals surface area contributed by atoms with Crippen molar-refractivity contribution in [2.24, 2.45) is 0 Å². The molecule has 0 aliphatic carbocycles. The highest BCUT2D eigenvalue weighted by Crippen LogP contribution is 2.24. The average molecular weight is 293 g/mol. The van der Waals surface area contributed by atoms with Gasteiger partial charge in [0, 0.05) is 23.5 Å². The Morgan fingerprint density at radius 3 is 2.64 bits per heavy atom. The second-order valence-corrected chi connectivity index (χ2v) is 5.58. The standard InChI is InChI=1S/C18H19N3O/c1-11-12(2)20-17-15(11)5-4-6-16(17)18(22)21-13(3)14-7-9-19-10-8-14/h4-10,13,20H,1-3H3,(H,21,22). The second kappa shape index (κ2) is 5.64. The van der Waals surface area contributed by atoms with Gasteiger partial charge in [0.15, 0.2) is 0 Å². The van der Waals surface area contributed by atoms with Crippen LogP contribution in [-0.2, 0) is 0 Å². The first kappa shape index (κ1) is 14.3. The maximum Gasteiger partial charge on any atom is 0.253 e. The molecule has 2 N–H and O–H groups in total. The van der Waals surface area contributed by atoms with Gasteiger partial charge in [-0.15, -0.1) is 0 Å². The minimum absolute atomic E-state index is 0.0667. The largest absolute Gasteiger partial charge is 0.358 e. The van der Waals surface area contributed by atoms with Crippen LogP contribution in [0.4, 0.5) is 0 Å². The molecule has 4 nitrogen and oxygen atoms in total. The number of H-pyrrole nitrogens is 1. The summed E-state index contributed by atoms with van der Waals surface area (Å²) in [6.45, 7) is 6.06. The van der Waals surface area contributed by atoms with Crippen molar-refractivity contribution in [3.63, 3.8) is 0 Å². The van der Waals surface area contributed by atoms with E-state index in [0.29, 0.717) is 5.56 Å². The first-order valence-corrected chi connectivity index (χ1v) is 7.36. The molecule has 3 aromatic rings. The Morgan fingerprint density at radius 2 is 1.91 bits per heavy atom. The maximum absolute atomic E-state index is 12.6. The van der Waals surface area contributed by atoms with Crippen LogP contribution in [0.1, 0.15) is 40.1 Å². The summed E-state index contributed by atoms with van der Waals surface area (Å²) in [5.41, 5.74) is 4.89. The molecule has 0 fully saturated rings. The lowest BCUT2D eigenvalue weighted by Crippen LogP contribution is -2.26. The molecule has 1 unspecified atom stereocenters. The summed E-state index contributed by atoms with van der Waals surface area (Å²) in [5, 5.41) is 4.15. The van der Waals surface area contributed by atoms with Gasteiger partial charge in [-0.2, -0.15) is 0 Å². The molecule has 0 aliphatic rings. The number of aromatic nitrogens is 2. The molecule has 22 heavy (non-hydrogen) atoms. The Balaban J connectivity index is 1.91. The number of hydrogen-bond donors (Lipinski definition) is 2. The summed E-state index contributed by atoms with van der Waals surface area (Å²) in [7, 11) is 0. The van der Waals surface area contributed by atoms with E-state index >= 15 is 0 Å². The zero-order valence-electron chi connectivity index (χ0n) is 13.0. The third-order valence-electron chi connectivity index (χ3n) is 4.14. The molecule has 2 aromatic heterocycles. The van der Waals surface area contributed by atoms with E-state index in [1.807, 2.05) is 44.2 Å². The molecule has 4 heteroatoms. The number of hydrogen-bond acceptors (Lipinski definition) is 2. The van der Waals surface area contributed by atoms with Crippen LogP contribution >= 0.6 is 0 Å². The summed E-state index contributed by atoms with van der Waals surface area (Å²) >= 11 is 0. The van der Waals surface area contributed by atoms with Crippen molar-refractivity contribution in [1.82, 2.24) is 15.3 Å². The van der Waals surface area contributed by atoms with Crippen LogP contribution in [0.25, 0.3) is 10.9 Å². The number of nitrogens with zero attached hydrogens (tertiary/aromatic N) is 1. The summed E-state index contributed by atoms with van der Waals surface area (Å²) in [6.07, 6.45) is 3.47. The molecule has 1 atom stereocenters. The van der Waals surface area contributed by atoms with Crippen LogP contribution < -0.4 is 5.32 Å². The number of aryl methyl sites for hydroxylation is 2. The Labute approximate surface area is 129 Å². The van der Waals surface area contributed by atoms with Crippen LogP contribution in [0.5, 0.6) is 0 Å². The molecule has 1 aromatic carbocycles. The van der Waals surface area contributed by atoms with E-state index in [-0.39, 0.29) is 11.9 Å². The van der Waals surface area contributed by atoms with Crippen molar-refractivity contribution in [2.45, 2.75) is 26.8 Å². The number of nitrogens with one attached hydrogen (secondary N) is 2. The quantitative estimate of drug-likeness (QED) is 0.774. The third-order valence-corrected chi connectivity index (χ3v) is 4.14. The number of fused-ring (bicyclic) bond motifs is 1. The van der Waals surface area contributed by atoms with Gasteiger partial charge in [0.05, 0.1) is 17.1 Å². The van der Waals surface area contributed by atoms with Crippen LogP contribution in [0.3, 0.4) is 0 Å². The number of para-hydroxylation sites is 1. The van der Waals surface area contributed by atoms with E-state index in [0.717, 1.165) is 22.2 Å². The molecule has 0 radical (unpaired) electrons. The molecule has 0 spiro atoms. The van der Waals surface area contributed by atoms with Crippen molar-refractivity contribution in [3.05, 3.63) is 65.1 Å². The fourth-order valence-electron chi connectivity index (χ4n) is 2.68. The lowest BCUT2D eigenvalue weighted by molar-refractivity contribution is 0.0941. The van der Waals surface area contributed by atoms with E-state index in [9.17, 15) is 4.79 Å². The Hall–Kier alpha value is -2.62. The van der Waals surface area contributed by atoms with Crippen LogP contribution in [0.2, 0.25) is 0 Å². The number of carbonyl (C=O) groups is 1. The number of aromatic amines is 1. The van der Waals surface area contributed by atoms with Crippen molar-refractivity contribution < 1.29 is 4.79 Å². The SMILES string of the molecule is Cc1[nH]c2c(C(=O)NC(C)c3ccncc3)cccc2c1C. The number of benzene rings is 1. The highest BCUT2D eigenvalue weighted by molar-refractivity contribution is 6.06. The van der Waals surface area contributed by atoms with E-state index in [2.05, 4.69) is 22.2 Å². The van der Waals surface area contributed by atoms with E-state index in [1.54, 1.807) is 12.4 Å². The monoisotopic (exact) mass is 293 g/mol. The first-order chi connectivity index (χ1) is 10.6. The van der Waals surface area contributed by atoms with Gasteiger partial charge in [0.1, 0.15) is 0 Å². The fraction of sp³-hybridized carbons (Fsp3) is 0.222. The van der Waals surface area contributed by atoms with E-state index in [4.69, 9.17) is 0 Å². The molecule has 0 saturated heterocycles. The lowest BCUT2D eigenvalue weighted by Gasteiger charge is -2.14. The van der Waals surface area contributed by atoms with Gasteiger partial charge in [0.25, 0.3) is 5.91 Å². The van der Waals surface area contributed by atoms with Gasteiger partial charge >= 0.3 is 0 Å². The number of rotatable bonds is 3. The van der Waals surface area contributed by atoms with Gasteiger partial charge < -0.3 is 10.3 Å². The summed E-state index contributed by atoms with van der Waals surface area (Å²) < 4.78 is 0. The van der Waals surface area contributed by atoms with Gasteiger partial charge in [0.2, 0.25) is 0 Å². The number of carbonyl (C=O) groups excluding carboxylic acids is 1. The van der Waals surface area contributed by atoms with Crippen molar-refractivity contribution in [2.75, 3.05) is 0 Å². The van der Waals surface area contributed by atoms with Gasteiger partial charge in [-0.05, 0) is 50.1 Å². The predicted molar refractivity (Wildman–Crippen MR) is 87.9 cm³/mol. The van der Waals surface area contributed by atoms with Crippen molar-refractivity contribution in [3.8, 4) is 0 Å². The maximum atomic E-state index is 12.6. The number of pyridine rings is 1. The summed E-state index contributed by atoms with van der Waals surface area (Å²) in [5.74, 6) is -0.0730. The minimum Gasteiger partial charge on any atom is -0.358 e. The molecule has 0 bridgehead atoms.